The molecule has 0 nitrogen and oxygen atoms in total. The topological polar surface area (TPSA) is 0 Å². The van der Waals surface area contributed by atoms with Gasteiger partial charge in [-0.1, -0.05) is 69.1 Å². The molecule has 80 valence electrons. The average Bonchev–Trinajstić information content (AvgIpc) is 2.14. The van der Waals surface area contributed by atoms with Crippen LogP contribution in [-0.2, 0) is 0 Å². The van der Waals surface area contributed by atoms with Crippen molar-refractivity contribution >= 4 is 0 Å². The van der Waals surface area contributed by atoms with Gasteiger partial charge in [-0.25, -0.2) is 0 Å². The smallest absolute Gasteiger partial charge is 0.0310 e. The molecular weight excluding hydrogens is 168 g/mol. The number of rotatable bonds is 2. The zero-order chi connectivity index (χ0) is 10.6. The number of hydrogen-bond acceptors (Lipinski definition) is 0. The summed E-state index contributed by atoms with van der Waals surface area (Å²) in [7, 11) is 0. The summed E-state index contributed by atoms with van der Waals surface area (Å²) in [5.74, 6) is 0. The highest BCUT2D eigenvalue weighted by Crippen LogP contribution is 2.03. The molecule has 0 heterocycles. The molecule has 0 unspecified atom stereocenters. The normalized spacial score (nSPS) is 23.2. The summed E-state index contributed by atoms with van der Waals surface area (Å²) in [4.78, 5) is 0. The van der Waals surface area contributed by atoms with Crippen LogP contribution in [0.2, 0.25) is 0 Å². The molecule has 0 amide bonds. The highest BCUT2D eigenvalue weighted by Gasteiger charge is 1.83. The fourth-order valence-corrected chi connectivity index (χ4v) is 1.21. The Labute approximate surface area is 89.4 Å². The molecule has 0 radical (unpaired) electrons. The molecule has 0 heteroatoms. The Morgan fingerprint density at radius 3 is 2.36 bits per heavy atom. The van der Waals surface area contributed by atoms with E-state index >= 15 is 0 Å². The van der Waals surface area contributed by atoms with Gasteiger partial charge >= 0.3 is 0 Å². The fourth-order valence-electron chi connectivity index (χ4n) is 1.21. The van der Waals surface area contributed by atoms with Crippen molar-refractivity contribution in [2.24, 2.45) is 0 Å². The van der Waals surface area contributed by atoms with E-state index in [0.29, 0.717) is 0 Å². The molecule has 1 aliphatic rings. The van der Waals surface area contributed by atoms with Crippen molar-refractivity contribution in [1.29, 1.82) is 0 Å². The highest BCUT2D eigenvalue weighted by molar-refractivity contribution is 5.21. The predicted molar refractivity (Wildman–Crippen MR) is 66.5 cm³/mol. The third kappa shape index (κ3) is 9.31. The third-order valence-corrected chi connectivity index (χ3v) is 2.11. The lowest BCUT2D eigenvalue weighted by Crippen LogP contribution is -1.73. The summed E-state index contributed by atoms with van der Waals surface area (Å²) in [5, 5.41) is 0. The maximum Gasteiger partial charge on any atom is -0.0310 e. The first-order valence-electron chi connectivity index (χ1n) is 5.81. The van der Waals surface area contributed by atoms with Crippen LogP contribution < -0.4 is 0 Å². The molecular formula is C14H24. The number of allylic oxidation sites excluding steroid dienone is 6. The summed E-state index contributed by atoms with van der Waals surface area (Å²) in [6.45, 7) is 6.56. The van der Waals surface area contributed by atoms with Crippen molar-refractivity contribution in [3.63, 3.8) is 0 Å². The molecule has 0 N–H and O–H groups in total. The maximum absolute atomic E-state index is 2.26. The molecule has 0 aromatic carbocycles. The predicted octanol–water partition coefficient (Wildman–Crippen LogP) is 5.04. The van der Waals surface area contributed by atoms with Gasteiger partial charge in [-0.05, 0) is 19.8 Å². The Kier molecular flexibility index (Phi) is 9.73. The van der Waals surface area contributed by atoms with Gasteiger partial charge in [0.25, 0.3) is 0 Å². The zero-order valence-electron chi connectivity index (χ0n) is 9.92. The van der Waals surface area contributed by atoms with Crippen molar-refractivity contribution in [2.75, 3.05) is 0 Å². The van der Waals surface area contributed by atoms with Gasteiger partial charge in [0.2, 0.25) is 0 Å². The van der Waals surface area contributed by atoms with E-state index in [9.17, 15) is 0 Å². The molecule has 0 atom stereocenters. The van der Waals surface area contributed by atoms with Crippen LogP contribution in [-0.4, -0.2) is 0 Å². The van der Waals surface area contributed by atoms with E-state index in [2.05, 4.69) is 51.2 Å². The minimum Gasteiger partial charge on any atom is -0.0842 e. The Morgan fingerprint density at radius 1 is 1.07 bits per heavy atom. The van der Waals surface area contributed by atoms with E-state index in [1.807, 2.05) is 0 Å². The molecule has 1 rings (SSSR count). The quantitative estimate of drug-likeness (QED) is 0.575. The Hall–Kier alpha value is -0.780. The van der Waals surface area contributed by atoms with Crippen LogP contribution in [0.4, 0.5) is 0 Å². The van der Waals surface area contributed by atoms with Crippen molar-refractivity contribution in [1.82, 2.24) is 0 Å². The first-order valence-corrected chi connectivity index (χ1v) is 5.81. The van der Waals surface area contributed by atoms with Crippen LogP contribution in [0.5, 0.6) is 0 Å². The van der Waals surface area contributed by atoms with Gasteiger partial charge in [0.15, 0.2) is 0 Å². The summed E-state index contributed by atoms with van der Waals surface area (Å²) >= 11 is 0. The molecule has 0 aromatic rings. The second-order valence-electron chi connectivity index (χ2n) is 3.67. The van der Waals surface area contributed by atoms with Crippen molar-refractivity contribution < 1.29 is 0 Å². The van der Waals surface area contributed by atoms with E-state index in [1.165, 1.54) is 37.7 Å². The van der Waals surface area contributed by atoms with Gasteiger partial charge in [-0.15, -0.1) is 0 Å². The van der Waals surface area contributed by atoms with E-state index in [1.54, 1.807) is 0 Å². The minimum atomic E-state index is 1.18. The largest absolute Gasteiger partial charge is 0.0842 e. The van der Waals surface area contributed by atoms with Crippen LogP contribution in [0, 0.1) is 0 Å². The summed E-state index contributed by atoms with van der Waals surface area (Å²) in [6.07, 6.45) is 17.2. The standard InChI is InChI=1S/C9H12.C5H12/c1-9-7-5-3-2-4-6-8-9;1-3-5-4-2/h2-3,5,7-8H,4,6H2,1H3;3-5H2,1-2H3/b3-2+,7-5-,9-8-;. The Morgan fingerprint density at radius 2 is 1.79 bits per heavy atom. The fraction of sp³-hybridized carbons (Fsp3) is 0.571. The number of hydrogen-bond donors (Lipinski definition) is 0. The van der Waals surface area contributed by atoms with Crippen LogP contribution in [0.15, 0.2) is 36.0 Å². The SMILES string of the molecule is CC1=C/CC/C=C/C=C\1.CCCCC. The van der Waals surface area contributed by atoms with Gasteiger partial charge in [0.1, 0.15) is 0 Å². The van der Waals surface area contributed by atoms with E-state index in [-0.39, 0.29) is 0 Å². The summed E-state index contributed by atoms with van der Waals surface area (Å²) in [5.41, 5.74) is 1.37. The zero-order valence-corrected chi connectivity index (χ0v) is 9.92. The summed E-state index contributed by atoms with van der Waals surface area (Å²) < 4.78 is 0. The van der Waals surface area contributed by atoms with E-state index in [4.69, 9.17) is 0 Å². The van der Waals surface area contributed by atoms with Gasteiger partial charge in [0.05, 0.1) is 0 Å². The van der Waals surface area contributed by atoms with Crippen molar-refractivity contribution in [3.05, 3.63) is 36.0 Å². The lowest BCUT2D eigenvalue weighted by Gasteiger charge is -1.93. The van der Waals surface area contributed by atoms with Crippen LogP contribution in [0.1, 0.15) is 52.9 Å². The molecule has 0 spiro atoms. The van der Waals surface area contributed by atoms with E-state index < -0.39 is 0 Å². The molecule has 0 aromatic heterocycles. The second-order valence-corrected chi connectivity index (χ2v) is 3.67. The van der Waals surface area contributed by atoms with Gasteiger partial charge in [-0.3, -0.25) is 0 Å². The monoisotopic (exact) mass is 192 g/mol. The van der Waals surface area contributed by atoms with Gasteiger partial charge in [0, 0.05) is 0 Å². The second kappa shape index (κ2) is 10.3. The summed E-state index contributed by atoms with van der Waals surface area (Å²) in [6, 6.07) is 0. The minimum absolute atomic E-state index is 1.18. The van der Waals surface area contributed by atoms with Crippen LogP contribution in [0.25, 0.3) is 0 Å². The van der Waals surface area contributed by atoms with E-state index in [0.717, 1.165) is 0 Å². The highest BCUT2D eigenvalue weighted by atomic mass is 13.9. The Balaban J connectivity index is 0.000000292. The van der Waals surface area contributed by atoms with Crippen molar-refractivity contribution in [2.45, 2.75) is 52.9 Å². The van der Waals surface area contributed by atoms with Crippen molar-refractivity contribution in [3.8, 4) is 0 Å². The third-order valence-electron chi connectivity index (χ3n) is 2.11. The van der Waals surface area contributed by atoms with Gasteiger partial charge < -0.3 is 0 Å². The first kappa shape index (κ1) is 13.2. The van der Waals surface area contributed by atoms with Crippen LogP contribution in [0.3, 0.4) is 0 Å². The maximum atomic E-state index is 2.26. The molecule has 0 bridgehead atoms. The lowest BCUT2D eigenvalue weighted by atomic mass is 10.1. The van der Waals surface area contributed by atoms with Gasteiger partial charge in [-0.2, -0.15) is 0 Å². The molecule has 0 saturated carbocycles. The molecule has 14 heavy (non-hydrogen) atoms. The first-order chi connectivity index (χ1) is 6.81. The molecule has 0 saturated heterocycles. The molecule has 1 aliphatic carbocycles. The van der Waals surface area contributed by atoms with Crippen LogP contribution >= 0.6 is 0 Å². The molecule has 0 fully saturated rings. The molecule has 0 aliphatic heterocycles. The lowest BCUT2D eigenvalue weighted by molar-refractivity contribution is 0.772. The Bertz CT molecular complexity index is 192. The average molecular weight is 192 g/mol. The number of unbranched alkanes of at least 4 members (excludes halogenated alkanes) is 2.